The predicted molar refractivity (Wildman–Crippen MR) is 107 cm³/mol. The van der Waals surface area contributed by atoms with Crippen molar-refractivity contribution in [2.45, 2.75) is 4.90 Å². The number of hydrogen-bond donors (Lipinski definition) is 1. The van der Waals surface area contributed by atoms with Gasteiger partial charge in [0.1, 0.15) is 5.75 Å². The molecular formula is C20H20N2O5S. The van der Waals surface area contributed by atoms with E-state index in [9.17, 15) is 8.42 Å². The highest BCUT2D eigenvalue weighted by Gasteiger charge is 2.18. The molecule has 0 amide bonds. The van der Waals surface area contributed by atoms with Crippen molar-refractivity contribution in [3.63, 3.8) is 0 Å². The zero-order chi connectivity index (χ0) is 20.1. The lowest BCUT2D eigenvalue weighted by atomic mass is 10.1. The van der Waals surface area contributed by atoms with Crippen molar-refractivity contribution in [2.75, 3.05) is 26.1 Å². The van der Waals surface area contributed by atoms with Crippen molar-refractivity contribution >= 4 is 15.7 Å². The van der Waals surface area contributed by atoms with E-state index >= 15 is 0 Å². The number of rotatable bonds is 7. The molecule has 3 aromatic rings. The van der Waals surface area contributed by atoms with Crippen molar-refractivity contribution in [2.24, 2.45) is 0 Å². The molecule has 1 heterocycles. The fourth-order valence-corrected chi connectivity index (χ4v) is 3.73. The molecular weight excluding hydrogens is 380 g/mol. The topological polar surface area (TPSA) is 86.8 Å². The first-order valence-corrected chi connectivity index (χ1v) is 9.81. The maximum absolute atomic E-state index is 12.8. The maximum Gasteiger partial charge on any atom is 0.261 e. The van der Waals surface area contributed by atoms with E-state index in [1.54, 1.807) is 55.8 Å². The van der Waals surface area contributed by atoms with Crippen LogP contribution in [0.2, 0.25) is 0 Å². The molecule has 0 fully saturated rings. The average molecular weight is 400 g/mol. The summed E-state index contributed by atoms with van der Waals surface area (Å²) in [6, 6.07) is 14.7. The fourth-order valence-electron chi connectivity index (χ4n) is 2.66. The van der Waals surface area contributed by atoms with E-state index in [0.717, 1.165) is 0 Å². The smallest absolute Gasteiger partial charge is 0.261 e. The minimum Gasteiger partial charge on any atom is -0.497 e. The average Bonchev–Trinajstić information content (AvgIpc) is 2.73. The van der Waals surface area contributed by atoms with Gasteiger partial charge in [-0.1, -0.05) is 0 Å². The summed E-state index contributed by atoms with van der Waals surface area (Å²) in [4.78, 5) is 4.46. The van der Waals surface area contributed by atoms with Gasteiger partial charge in [-0.2, -0.15) is 0 Å². The van der Waals surface area contributed by atoms with Crippen molar-refractivity contribution in [3.8, 4) is 28.5 Å². The Morgan fingerprint density at radius 3 is 2.21 bits per heavy atom. The minimum atomic E-state index is -3.80. The molecule has 3 rings (SSSR count). The van der Waals surface area contributed by atoms with E-state index in [1.807, 2.05) is 0 Å². The predicted octanol–water partition coefficient (Wildman–Crippen LogP) is 3.58. The number of sulfonamides is 1. The van der Waals surface area contributed by atoms with Gasteiger partial charge in [0.25, 0.3) is 10.0 Å². The van der Waals surface area contributed by atoms with Crippen LogP contribution in [-0.2, 0) is 10.0 Å². The molecule has 0 saturated carbocycles. The number of aromatic nitrogens is 1. The van der Waals surface area contributed by atoms with Crippen LogP contribution < -0.4 is 18.9 Å². The molecule has 1 N–H and O–H groups in total. The number of nitrogens with zero attached hydrogens (tertiary/aromatic N) is 1. The number of hydrogen-bond acceptors (Lipinski definition) is 6. The van der Waals surface area contributed by atoms with Crippen molar-refractivity contribution in [1.29, 1.82) is 0 Å². The lowest BCUT2D eigenvalue weighted by Crippen LogP contribution is -2.14. The largest absolute Gasteiger partial charge is 0.497 e. The summed E-state index contributed by atoms with van der Waals surface area (Å²) >= 11 is 0. The SMILES string of the molecule is COc1ccc(S(=O)(=O)Nc2cccnc2-c2ccc(OC)c(OC)c2)cc1. The third kappa shape index (κ3) is 4.01. The Morgan fingerprint density at radius 1 is 0.857 bits per heavy atom. The molecule has 0 atom stereocenters. The van der Waals surface area contributed by atoms with Crippen LogP contribution in [0, 0.1) is 0 Å². The zero-order valence-corrected chi connectivity index (χ0v) is 16.5. The summed E-state index contributed by atoms with van der Waals surface area (Å²) in [7, 11) is 0.805. The van der Waals surface area contributed by atoms with Gasteiger partial charge in [-0.15, -0.1) is 0 Å². The van der Waals surface area contributed by atoms with E-state index in [1.165, 1.54) is 26.4 Å². The molecule has 0 aliphatic rings. The summed E-state index contributed by atoms with van der Waals surface area (Å²) in [6.45, 7) is 0. The second-order valence-electron chi connectivity index (χ2n) is 5.75. The molecule has 0 spiro atoms. The van der Waals surface area contributed by atoms with Gasteiger partial charge in [0.15, 0.2) is 11.5 Å². The fraction of sp³-hybridized carbons (Fsp3) is 0.150. The molecule has 0 saturated heterocycles. The molecule has 0 aliphatic heterocycles. The van der Waals surface area contributed by atoms with Gasteiger partial charge in [0, 0.05) is 11.8 Å². The lowest BCUT2D eigenvalue weighted by molar-refractivity contribution is 0.355. The maximum atomic E-state index is 12.8. The van der Waals surface area contributed by atoms with E-state index in [-0.39, 0.29) is 4.90 Å². The first kappa shape index (κ1) is 19.5. The van der Waals surface area contributed by atoms with Gasteiger partial charge in [-0.25, -0.2) is 8.42 Å². The van der Waals surface area contributed by atoms with E-state index in [2.05, 4.69) is 9.71 Å². The van der Waals surface area contributed by atoms with E-state index in [0.29, 0.717) is 34.2 Å². The quantitative estimate of drug-likeness (QED) is 0.652. The summed E-state index contributed by atoms with van der Waals surface area (Å²) < 4.78 is 43.8. The van der Waals surface area contributed by atoms with Crippen molar-refractivity contribution in [1.82, 2.24) is 4.98 Å². The highest BCUT2D eigenvalue weighted by molar-refractivity contribution is 7.92. The number of pyridine rings is 1. The Bertz CT molecular complexity index is 1070. The molecule has 2 aromatic carbocycles. The van der Waals surface area contributed by atoms with Crippen LogP contribution in [-0.4, -0.2) is 34.7 Å². The summed E-state index contributed by atoms with van der Waals surface area (Å²) in [5.74, 6) is 1.67. The third-order valence-electron chi connectivity index (χ3n) is 4.08. The van der Waals surface area contributed by atoms with Gasteiger partial charge >= 0.3 is 0 Å². The number of benzene rings is 2. The first-order chi connectivity index (χ1) is 13.5. The monoisotopic (exact) mass is 400 g/mol. The molecule has 7 nitrogen and oxygen atoms in total. The normalized spacial score (nSPS) is 11.0. The first-order valence-electron chi connectivity index (χ1n) is 8.33. The van der Waals surface area contributed by atoms with Gasteiger partial charge in [-0.3, -0.25) is 9.71 Å². The zero-order valence-electron chi connectivity index (χ0n) is 15.7. The molecule has 0 radical (unpaired) electrons. The van der Waals surface area contributed by atoms with Crippen LogP contribution in [0.5, 0.6) is 17.2 Å². The second-order valence-corrected chi connectivity index (χ2v) is 7.43. The highest BCUT2D eigenvalue weighted by atomic mass is 32.2. The summed E-state index contributed by atoms with van der Waals surface area (Å²) in [6.07, 6.45) is 1.59. The van der Waals surface area contributed by atoms with E-state index < -0.39 is 10.0 Å². The van der Waals surface area contributed by atoms with E-state index in [4.69, 9.17) is 14.2 Å². The number of ether oxygens (including phenoxy) is 3. The number of anilines is 1. The number of methoxy groups -OCH3 is 3. The second kappa shape index (κ2) is 8.18. The molecule has 8 heteroatoms. The molecule has 28 heavy (non-hydrogen) atoms. The Kier molecular flexibility index (Phi) is 5.70. The van der Waals surface area contributed by atoms with Crippen molar-refractivity contribution < 1.29 is 22.6 Å². The van der Waals surface area contributed by atoms with Crippen LogP contribution in [0.15, 0.2) is 65.7 Å². The standard InChI is InChI=1S/C20H20N2O5S/c1-25-15-7-9-16(10-8-15)28(23,24)22-17-5-4-12-21-20(17)14-6-11-18(26-2)19(13-14)27-3/h4-13,22H,1-3H3. The van der Waals surface area contributed by atoms with Crippen LogP contribution >= 0.6 is 0 Å². The molecule has 0 unspecified atom stereocenters. The molecule has 0 aliphatic carbocycles. The van der Waals surface area contributed by atoms with Gasteiger partial charge in [0.2, 0.25) is 0 Å². The third-order valence-corrected chi connectivity index (χ3v) is 5.46. The Morgan fingerprint density at radius 2 is 1.57 bits per heavy atom. The summed E-state index contributed by atoms with van der Waals surface area (Å²) in [5.41, 5.74) is 1.51. The van der Waals surface area contributed by atoms with Gasteiger partial charge in [0.05, 0.1) is 37.6 Å². The van der Waals surface area contributed by atoms with Crippen LogP contribution in [0.3, 0.4) is 0 Å². The van der Waals surface area contributed by atoms with Crippen LogP contribution in [0.4, 0.5) is 5.69 Å². The number of nitrogens with one attached hydrogen (secondary N) is 1. The Balaban J connectivity index is 1.98. The Labute approximate surface area is 164 Å². The highest BCUT2D eigenvalue weighted by Crippen LogP contribution is 2.34. The van der Waals surface area contributed by atoms with Crippen molar-refractivity contribution in [3.05, 3.63) is 60.8 Å². The molecule has 146 valence electrons. The molecule has 0 bridgehead atoms. The lowest BCUT2D eigenvalue weighted by Gasteiger charge is -2.14. The van der Waals surface area contributed by atoms with Gasteiger partial charge < -0.3 is 14.2 Å². The Hall–Kier alpha value is -3.26. The summed E-state index contributed by atoms with van der Waals surface area (Å²) in [5, 5.41) is 0. The van der Waals surface area contributed by atoms with Crippen LogP contribution in [0.25, 0.3) is 11.3 Å². The molecule has 1 aromatic heterocycles. The van der Waals surface area contributed by atoms with Crippen LogP contribution in [0.1, 0.15) is 0 Å². The minimum absolute atomic E-state index is 0.121. The van der Waals surface area contributed by atoms with Gasteiger partial charge in [-0.05, 0) is 54.6 Å².